The van der Waals surface area contributed by atoms with E-state index < -0.39 is 18.4 Å². The minimum atomic E-state index is -1.08. The molecule has 3 N–H and O–H groups in total. The smallest absolute Gasteiger partial charge is 0.322 e. The summed E-state index contributed by atoms with van der Waals surface area (Å²) in [5.74, 6) is -1.27. The van der Waals surface area contributed by atoms with Crippen LogP contribution in [0.5, 0.6) is 0 Å². The van der Waals surface area contributed by atoms with Crippen molar-refractivity contribution in [2.45, 2.75) is 32.2 Å². The van der Waals surface area contributed by atoms with Gasteiger partial charge in [-0.25, -0.2) is 0 Å². The SMILES string of the molecule is O=C(O)CNC(=O)c1ccc(CNC(=O)C2CCCC2)cc1. The standard InChI is InChI=1S/C16H20N2O4/c19-14(20)10-18-16(22)13-7-5-11(6-8-13)9-17-15(21)12-3-1-2-4-12/h5-8,12H,1-4,9-10H2,(H,17,21)(H,18,22)(H,19,20). The number of carboxylic acid groups (broad SMARTS) is 1. The number of carbonyl (C=O) groups excluding carboxylic acids is 2. The summed E-state index contributed by atoms with van der Waals surface area (Å²) in [7, 11) is 0. The lowest BCUT2D eigenvalue weighted by Crippen LogP contribution is -2.29. The molecule has 6 heteroatoms. The van der Waals surface area contributed by atoms with Gasteiger partial charge in [-0.05, 0) is 30.5 Å². The van der Waals surface area contributed by atoms with Crippen LogP contribution >= 0.6 is 0 Å². The minimum absolute atomic E-state index is 0.0979. The summed E-state index contributed by atoms with van der Waals surface area (Å²) in [6.45, 7) is 0.0321. The number of benzene rings is 1. The van der Waals surface area contributed by atoms with Gasteiger partial charge in [0.1, 0.15) is 6.54 Å². The molecule has 6 nitrogen and oxygen atoms in total. The number of amides is 2. The van der Waals surface area contributed by atoms with Gasteiger partial charge in [-0.15, -0.1) is 0 Å². The molecule has 2 rings (SSSR count). The van der Waals surface area contributed by atoms with Gasteiger partial charge < -0.3 is 15.7 Å². The van der Waals surface area contributed by atoms with Crippen molar-refractivity contribution in [3.63, 3.8) is 0 Å². The predicted octanol–water partition coefficient (Wildman–Crippen LogP) is 1.31. The van der Waals surface area contributed by atoms with Crippen molar-refractivity contribution in [3.8, 4) is 0 Å². The summed E-state index contributed by atoms with van der Waals surface area (Å²) < 4.78 is 0. The summed E-state index contributed by atoms with van der Waals surface area (Å²) in [5, 5.41) is 13.7. The molecular weight excluding hydrogens is 284 g/mol. The number of carboxylic acids is 1. The zero-order chi connectivity index (χ0) is 15.9. The van der Waals surface area contributed by atoms with Crippen LogP contribution in [0.4, 0.5) is 0 Å². The Labute approximate surface area is 128 Å². The Bertz CT molecular complexity index is 548. The van der Waals surface area contributed by atoms with E-state index in [1.165, 1.54) is 0 Å². The van der Waals surface area contributed by atoms with Crippen molar-refractivity contribution in [2.75, 3.05) is 6.54 Å². The van der Waals surface area contributed by atoms with Crippen LogP contribution in [0, 0.1) is 5.92 Å². The lowest BCUT2D eigenvalue weighted by molar-refractivity contribution is -0.135. The third-order valence-electron chi connectivity index (χ3n) is 3.81. The molecule has 0 radical (unpaired) electrons. The normalized spacial score (nSPS) is 14.5. The van der Waals surface area contributed by atoms with Gasteiger partial charge in [-0.2, -0.15) is 0 Å². The summed E-state index contributed by atoms with van der Waals surface area (Å²) >= 11 is 0. The van der Waals surface area contributed by atoms with Gasteiger partial charge in [-0.3, -0.25) is 14.4 Å². The molecule has 0 atom stereocenters. The van der Waals surface area contributed by atoms with Crippen LogP contribution < -0.4 is 10.6 Å². The quantitative estimate of drug-likeness (QED) is 0.738. The van der Waals surface area contributed by atoms with Crippen molar-refractivity contribution in [1.82, 2.24) is 10.6 Å². The van der Waals surface area contributed by atoms with Crippen LogP contribution in [0.2, 0.25) is 0 Å². The van der Waals surface area contributed by atoms with E-state index in [4.69, 9.17) is 5.11 Å². The van der Waals surface area contributed by atoms with E-state index >= 15 is 0 Å². The van der Waals surface area contributed by atoms with Crippen molar-refractivity contribution in [1.29, 1.82) is 0 Å². The Kier molecular flexibility index (Phi) is 5.52. The van der Waals surface area contributed by atoms with E-state index in [1.54, 1.807) is 24.3 Å². The van der Waals surface area contributed by atoms with Crippen LogP contribution in [-0.4, -0.2) is 29.4 Å². The highest BCUT2D eigenvalue weighted by molar-refractivity contribution is 5.95. The van der Waals surface area contributed by atoms with Gasteiger partial charge in [0.05, 0.1) is 0 Å². The van der Waals surface area contributed by atoms with E-state index in [1.807, 2.05) is 0 Å². The second-order valence-corrected chi connectivity index (χ2v) is 5.47. The van der Waals surface area contributed by atoms with Gasteiger partial charge in [0.2, 0.25) is 5.91 Å². The molecule has 118 valence electrons. The first kappa shape index (κ1) is 16.0. The zero-order valence-corrected chi connectivity index (χ0v) is 12.3. The lowest BCUT2D eigenvalue weighted by atomic mass is 10.1. The highest BCUT2D eigenvalue weighted by Crippen LogP contribution is 2.24. The van der Waals surface area contributed by atoms with Gasteiger partial charge >= 0.3 is 5.97 Å². The van der Waals surface area contributed by atoms with Crippen LogP contribution in [0.15, 0.2) is 24.3 Å². The third kappa shape index (κ3) is 4.58. The van der Waals surface area contributed by atoms with Gasteiger partial charge in [-0.1, -0.05) is 25.0 Å². The average Bonchev–Trinajstić information content (AvgIpc) is 3.05. The number of aliphatic carboxylic acids is 1. The van der Waals surface area contributed by atoms with Gasteiger partial charge in [0.25, 0.3) is 5.91 Å². The second-order valence-electron chi connectivity index (χ2n) is 5.47. The van der Waals surface area contributed by atoms with Crippen molar-refractivity contribution < 1.29 is 19.5 Å². The Morgan fingerprint density at radius 2 is 1.68 bits per heavy atom. The highest BCUT2D eigenvalue weighted by Gasteiger charge is 2.22. The van der Waals surface area contributed by atoms with Crippen molar-refractivity contribution in [2.24, 2.45) is 5.92 Å². The molecule has 0 saturated heterocycles. The molecule has 1 aromatic carbocycles. The number of carbonyl (C=O) groups is 3. The molecule has 1 saturated carbocycles. The minimum Gasteiger partial charge on any atom is -0.480 e. The lowest BCUT2D eigenvalue weighted by Gasteiger charge is -2.10. The molecule has 0 aliphatic heterocycles. The van der Waals surface area contributed by atoms with Crippen molar-refractivity contribution in [3.05, 3.63) is 35.4 Å². The number of hydrogen-bond acceptors (Lipinski definition) is 3. The number of nitrogens with one attached hydrogen (secondary N) is 2. The van der Waals surface area contributed by atoms with Crippen molar-refractivity contribution >= 4 is 17.8 Å². The fourth-order valence-electron chi connectivity index (χ4n) is 2.55. The molecule has 1 fully saturated rings. The second kappa shape index (κ2) is 7.59. The van der Waals surface area contributed by atoms with E-state index in [0.29, 0.717) is 12.1 Å². The largest absolute Gasteiger partial charge is 0.480 e. The average molecular weight is 304 g/mol. The molecule has 0 aromatic heterocycles. The van der Waals surface area contributed by atoms with Crippen LogP contribution in [-0.2, 0) is 16.1 Å². The van der Waals surface area contributed by atoms with E-state index in [9.17, 15) is 14.4 Å². The van der Waals surface area contributed by atoms with E-state index in [-0.39, 0.29) is 11.8 Å². The topological polar surface area (TPSA) is 95.5 Å². The summed E-state index contributed by atoms with van der Waals surface area (Å²) in [5.41, 5.74) is 1.30. The molecule has 1 aliphatic rings. The first-order valence-electron chi connectivity index (χ1n) is 7.43. The zero-order valence-electron chi connectivity index (χ0n) is 12.3. The van der Waals surface area contributed by atoms with Gasteiger partial charge in [0, 0.05) is 18.0 Å². The van der Waals surface area contributed by atoms with Crippen LogP contribution in [0.1, 0.15) is 41.6 Å². The molecule has 0 heterocycles. The first-order valence-corrected chi connectivity index (χ1v) is 7.43. The monoisotopic (exact) mass is 304 g/mol. The van der Waals surface area contributed by atoms with E-state index in [0.717, 1.165) is 31.2 Å². The molecular formula is C16H20N2O4. The maximum atomic E-state index is 11.9. The molecule has 1 aliphatic carbocycles. The molecule has 0 bridgehead atoms. The molecule has 0 spiro atoms. The van der Waals surface area contributed by atoms with Crippen LogP contribution in [0.25, 0.3) is 0 Å². The maximum absolute atomic E-state index is 11.9. The van der Waals surface area contributed by atoms with E-state index in [2.05, 4.69) is 10.6 Å². The predicted molar refractivity (Wildman–Crippen MR) is 80.2 cm³/mol. The Morgan fingerprint density at radius 1 is 1.05 bits per heavy atom. The molecule has 22 heavy (non-hydrogen) atoms. The summed E-state index contributed by atoms with van der Waals surface area (Å²) in [4.78, 5) is 34.0. The molecule has 1 aromatic rings. The number of hydrogen-bond donors (Lipinski definition) is 3. The third-order valence-corrected chi connectivity index (χ3v) is 3.81. The number of rotatable bonds is 6. The summed E-state index contributed by atoms with van der Waals surface area (Å²) in [6.07, 6.45) is 4.18. The Balaban J connectivity index is 1.82. The summed E-state index contributed by atoms with van der Waals surface area (Å²) in [6, 6.07) is 6.75. The Hall–Kier alpha value is -2.37. The van der Waals surface area contributed by atoms with Crippen LogP contribution in [0.3, 0.4) is 0 Å². The fraction of sp³-hybridized carbons (Fsp3) is 0.438. The Morgan fingerprint density at radius 3 is 2.27 bits per heavy atom. The maximum Gasteiger partial charge on any atom is 0.322 e. The fourth-order valence-corrected chi connectivity index (χ4v) is 2.55. The molecule has 0 unspecified atom stereocenters. The first-order chi connectivity index (χ1) is 10.6. The molecule has 2 amide bonds. The highest BCUT2D eigenvalue weighted by atomic mass is 16.4. The van der Waals surface area contributed by atoms with Gasteiger partial charge in [0.15, 0.2) is 0 Å².